The van der Waals surface area contributed by atoms with Gasteiger partial charge in [0, 0.05) is 5.41 Å². The van der Waals surface area contributed by atoms with Gasteiger partial charge in [-0.2, -0.15) is 0 Å². The largest absolute Gasteiger partial charge is 0.321 e. The molecule has 18 heavy (non-hydrogen) atoms. The quantitative estimate of drug-likeness (QED) is 0.591. The molecule has 0 saturated carbocycles. The lowest BCUT2D eigenvalue weighted by atomic mass is 9.73. The van der Waals surface area contributed by atoms with E-state index in [2.05, 4.69) is 20.8 Å². The van der Waals surface area contributed by atoms with Gasteiger partial charge < -0.3 is 5.73 Å². The molecular weight excluding hydrogens is 222 g/mol. The van der Waals surface area contributed by atoms with Crippen molar-refractivity contribution >= 4 is 5.78 Å². The van der Waals surface area contributed by atoms with Crippen molar-refractivity contribution in [1.29, 1.82) is 0 Å². The molecule has 0 amide bonds. The molecule has 0 aliphatic carbocycles. The summed E-state index contributed by atoms with van der Waals surface area (Å²) in [5.41, 5.74) is 5.86. The fourth-order valence-corrected chi connectivity index (χ4v) is 2.57. The van der Waals surface area contributed by atoms with Gasteiger partial charge in [0.25, 0.3) is 0 Å². The number of carbonyl (C=O) groups is 1. The monoisotopic (exact) mass is 255 g/mol. The number of Topliss-reactive ketones (excluding diaryl/α,β-unsaturated/α-hetero) is 1. The Morgan fingerprint density at radius 3 is 2.11 bits per heavy atom. The number of nitrogens with two attached hydrogens (primary N) is 1. The summed E-state index contributed by atoms with van der Waals surface area (Å²) >= 11 is 0. The van der Waals surface area contributed by atoms with Gasteiger partial charge in [-0.15, -0.1) is 0 Å². The number of carbonyl (C=O) groups excluding carboxylic acids is 1. The minimum Gasteiger partial charge on any atom is -0.321 e. The van der Waals surface area contributed by atoms with Crippen LogP contribution in [0.4, 0.5) is 0 Å². The highest BCUT2D eigenvalue weighted by Gasteiger charge is 2.35. The summed E-state index contributed by atoms with van der Waals surface area (Å²) in [6.45, 7) is 10.6. The lowest BCUT2D eigenvalue weighted by molar-refractivity contribution is -0.131. The highest BCUT2D eigenvalue weighted by molar-refractivity contribution is 5.89. The van der Waals surface area contributed by atoms with E-state index in [1.165, 1.54) is 19.3 Å². The van der Waals surface area contributed by atoms with Crippen LogP contribution in [-0.4, -0.2) is 11.8 Å². The number of hydrogen-bond donors (Lipinski definition) is 1. The normalized spacial score (nSPS) is 16.6. The molecule has 0 spiro atoms. The van der Waals surface area contributed by atoms with E-state index in [0.717, 1.165) is 25.7 Å². The average Bonchev–Trinajstić information content (AvgIpc) is 2.33. The van der Waals surface area contributed by atoms with E-state index in [9.17, 15) is 4.79 Å². The summed E-state index contributed by atoms with van der Waals surface area (Å²) in [6.07, 6.45) is 7.93. The standard InChI is InChI=1S/C16H33NO/c1-6-8-9-10-12-16(5,11-7-2)15(18)14(17)13(3)4/h13-14H,6-12,17H2,1-5H3/t14-,16?/m1/s1. The topological polar surface area (TPSA) is 43.1 Å². The molecule has 2 nitrogen and oxygen atoms in total. The highest BCUT2D eigenvalue weighted by Crippen LogP contribution is 2.33. The zero-order chi connectivity index (χ0) is 14.2. The molecule has 2 atom stereocenters. The van der Waals surface area contributed by atoms with Gasteiger partial charge in [0.1, 0.15) is 0 Å². The van der Waals surface area contributed by atoms with Crippen molar-refractivity contribution in [2.24, 2.45) is 17.1 Å². The Labute approximate surface area is 114 Å². The first-order valence-corrected chi connectivity index (χ1v) is 7.69. The zero-order valence-corrected chi connectivity index (χ0v) is 13.1. The Morgan fingerprint density at radius 1 is 1.06 bits per heavy atom. The second kappa shape index (κ2) is 8.68. The van der Waals surface area contributed by atoms with E-state index in [1.54, 1.807) is 0 Å². The molecule has 0 aliphatic heterocycles. The maximum atomic E-state index is 12.5. The van der Waals surface area contributed by atoms with Crippen molar-refractivity contribution in [1.82, 2.24) is 0 Å². The summed E-state index contributed by atoms with van der Waals surface area (Å²) in [4.78, 5) is 12.5. The summed E-state index contributed by atoms with van der Waals surface area (Å²) in [7, 11) is 0. The molecule has 1 unspecified atom stereocenters. The van der Waals surface area contributed by atoms with Gasteiger partial charge in [0.05, 0.1) is 6.04 Å². The van der Waals surface area contributed by atoms with Crippen LogP contribution in [0.1, 0.15) is 79.6 Å². The third-order valence-corrected chi connectivity index (χ3v) is 4.00. The van der Waals surface area contributed by atoms with E-state index in [4.69, 9.17) is 5.73 Å². The van der Waals surface area contributed by atoms with Crippen LogP contribution in [0.2, 0.25) is 0 Å². The van der Waals surface area contributed by atoms with Crippen molar-refractivity contribution in [3.8, 4) is 0 Å². The Hall–Kier alpha value is -0.370. The van der Waals surface area contributed by atoms with Gasteiger partial charge in [-0.1, -0.05) is 66.7 Å². The molecule has 0 saturated heterocycles. The lowest BCUT2D eigenvalue weighted by Gasteiger charge is -2.32. The first-order valence-electron chi connectivity index (χ1n) is 7.69. The highest BCUT2D eigenvalue weighted by atomic mass is 16.1. The first-order chi connectivity index (χ1) is 8.39. The Kier molecular flexibility index (Phi) is 8.51. The third kappa shape index (κ3) is 5.51. The van der Waals surface area contributed by atoms with E-state index in [1.807, 2.05) is 13.8 Å². The zero-order valence-electron chi connectivity index (χ0n) is 13.1. The molecule has 2 heteroatoms. The number of hydrogen-bond acceptors (Lipinski definition) is 2. The van der Waals surface area contributed by atoms with Crippen molar-refractivity contribution in [3.05, 3.63) is 0 Å². The van der Waals surface area contributed by atoms with Crippen molar-refractivity contribution in [2.45, 2.75) is 85.6 Å². The van der Waals surface area contributed by atoms with Gasteiger partial charge in [0.15, 0.2) is 5.78 Å². The first kappa shape index (κ1) is 17.6. The third-order valence-electron chi connectivity index (χ3n) is 4.00. The van der Waals surface area contributed by atoms with Crippen LogP contribution in [-0.2, 0) is 4.79 Å². The average molecular weight is 255 g/mol. The Balaban J connectivity index is 4.53. The number of unbranched alkanes of at least 4 members (excludes halogenated alkanes) is 3. The van der Waals surface area contributed by atoms with Crippen molar-refractivity contribution < 1.29 is 4.79 Å². The van der Waals surface area contributed by atoms with Crippen LogP contribution in [0.15, 0.2) is 0 Å². The summed E-state index contributed by atoms with van der Waals surface area (Å²) in [6, 6.07) is -0.298. The molecule has 0 aliphatic rings. The second-order valence-corrected chi connectivity index (χ2v) is 6.26. The summed E-state index contributed by atoms with van der Waals surface area (Å²) < 4.78 is 0. The van der Waals surface area contributed by atoms with E-state index < -0.39 is 0 Å². The van der Waals surface area contributed by atoms with Gasteiger partial charge in [-0.25, -0.2) is 0 Å². The molecule has 0 rings (SSSR count). The number of ketones is 1. The van der Waals surface area contributed by atoms with E-state index >= 15 is 0 Å². The minimum absolute atomic E-state index is 0.202. The van der Waals surface area contributed by atoms with Crippen molar-refractivity contribution in [3.63, 3.8) is 0 Å². The second-order valence-electron chi connectivity index (χ2n) is 6.26. The molecule has 108 valence electrons. The van der Waals surface area contributed by atoms with Crippen LogP contribution in [0, 0.1) is 11.3 Å². The molecule has 0 heterocycles. The minimum atomic E-state index is -0.298. The SMILES string of the molecule is CCCCCCC(C)(CCC)C(=O)[C@H](N)C(C)C. The van der Waals surface area contributed by atoms with Crippen LogP contribution in [0.5, 0.6) is 0 Å². The van der Waals surface area contributed by atoms with Crippen LogP contribution in [0.25, 0.3) is 0 Å². The van der Waals surface area contributed by atoms with Crippen LogP contribution < -0.4 is 5.73 Å². The molecule has 0 aromatic carbocycles. The van der Waals surface area contributed by atoms with E-state index in [-0.39, 0.29) is 23.2 Å². The fourth-order valence-electron chi connectivity index (χ4n) is 2.57. The van der Waals surface area contributed by atoms with Crippen molar-refractivity contribution in [2.75, 3.05) is 0 Å². The smallest absolute Gasteiger partial charge is 0.155 e. The Morgan fingerprint density at radius 2 is 1.67 bits per heavy atom. The van der Waals surface area contributed by atoms with Crippen LogP contribution in [0.3, 0.4) is 0 Å². The Bertz CT molecular complexity index is 237. The molecule has 0 fully saturated rings. The fraction of sp³-hybridized carbons (Fsp3) is 0.938. The molecule has 0 aromatic rings. The maximum absolute atomic E-state index is 12.5. The van der Waals surface area contributed by atoms with Gasteiger partial charge >= 0.3 is 0 Å². The van der Waals surface area contributed by atoms with Gasteiger partial charge in [-0.05, 0) is 18.8 Å². The molecule has 2 N–H and O–H groups in total. The molecule has 0 aromatic heterocycles. The van der Waals surface area contributed by atoms with Gasteiger partial charge in [-0.3, -0.25) is 4.79 Å². The number of rotatable bonds is 10. The molecule has 0 bridgehead atoms. The van der Waals surface area contributed by atoms with Crippen LogP contribution >= 0.6 is 0 Å². The molecular formula is C16H33NO. The molecule has 0 radical (unpaired) electrons. The predicted octanol–water partition coefficient (Wildman–Crippen LogP) is 4.32. The lowest BCUT2D eigenvalue weighted by Crippen LogP contribution is -2.45. The van der Waals surface area contributed by atoms with E-state index in [0.29, 0.717) is 0 Å². The summed E-state index contributed by atoms with van der Waals surface area (Å²) in [5.74, 6) is 0.514. The maximum Gasteiger partial charge on any atom is 0.155 e. The predicted molar refractivity (Wildman–Crippen MR) is 79.6 cm³/mol. The van der Waals surface area contributed by atoms with Gasteiger partial charge in [0.2, 0.25) is 0 Å². The summed E-state index contributed by atoms with van der Waals surface area (Å²) in [5, 5.41) is 0.